The molecule has 0 aliphatic carbocycles. The summed E-state index contributed by atoms with van der Waals surface area (Å²) in [6.07, 6.45) is -0.137. The molecule has 0 aliphatic rings. The number of carbonyl (C=O) groups excluding carboxylic acids is 1. The van der Waals surface area contributed by atoms with Gasteiger partial charge in [-0.05, 0) is 44.2 Å². The lowest BCUT2D eigenvalue weighted by Crippen LogP contribution is -2.16. The van der Waals surface area contributed by atoms with Crippen molar-refractivity contribution in [1.82, 2.24) is 0 Å². The van der Waals surface area contributed by atoms with Crippen molar-refractivity contribution < 1.29 is 27.4 Å². The van der Waals surface area contributed by atoms with Gasteiger partial charge in [0.05, 0.1) is 25.3 Å². The lowest BCUT2D eigenvalue weighted by atomic mass is 10.1. The predicted octanol–water partition coefficient (Wildman–Crippen LogP) is 3.04. The molecule has 1 amide bonds. The average Bonchev–Trinajstić information content (AvgIpc) is 2.62. The van der Waals surface area contributed by atoms with Crippen LogP contribution >= 0.6 is 11.6 Å². The van der Waals surface area contributed by atoms with Crippen LogP contribution in [0.1, 0.15) is 24.2 Å². The van der Waals surface area contributed by atoms with Crippen molar-refractivity contribution in [2.24, 2.45) is 5.14 Å². The van der Waals surface area contributed by atoms with E-state index in [1.165, 1.54) is 44.6 Å². The first-order valence-electron chi connectivity index (χ1n) is 8.13. The van der Waals surface area contributed by atoms with E-state index in [0.29, 0.717) is 11.5 Å². The molecule has 0 unspecified atom stereocenters. The number of primary sulfonamides is 1. The van der Waals surface area contributed by atoms with E-state index in [2.05, 4.69) is 5.32 Å². The van der Waals surface area contributed by atoms with Gasteiger partial charge in [0, 0.05) is 11.3 Å². The number of benzene rings is 2. The Labute approximate surface area is 168 Å². The quantitative estimate of drug-likeness (QED) is 0.699. The molecule has 0 saturated heterocycles. The fraction of sp³-hybridized carbons (Fsp3) is 0.278. The van der Waals surface area contributed by atoms with Gasteiger partial charge >= 0.3 is 0 Å². The number of rotatable bonds is 7. The van der Waals surface area contributed by atoms with Crippen LogP contribution in [0.25, 0.3) is 0 Å². The summed E-state index contributed by atoms with van der Waals surface area (Å²) in [6.45, 7) is 3.67. The number of amides is 1. The number of sulfonamides is 1. The largest absolute Gasteiger partial charge is 0.495 e. The molecule has 3 N–H and O–H groups in total. The Kier molecular flexibility index (Phi) is 6.76. The van der Waals surface area contributed by atoms with E-state index in [1.807, 2.05) is 13.8 Å². The lowest BCUT2D eigenvalue weighted by Gasteiger charge is -2.16. The van der Waals surface area contributed by atoms with E-state index >= 15 is 0 Å². The summed E-state index contributed by atoms with van der Waals surface area (Å²) < 4.78 is 39.3. The summed E-state index contributed by atoms with van der Waals surface area (Å²) in [4.78, 5) is 12.4. The number of methoxy groups -OCH3 is 2. The van der Waals surface area contributed by atoms with Crippen LogP contribution in [0.15, 0.2) is 35.2 Å². The second kappa shape index (κ2) is 8.68. The van der Waals surface area contributed by atoms with Crippen LogP contribution in [0.4, 0.5) is 5.69 Å². The maximum absolute atomic E-state index is 12.6. The van der Waals surface area contributed by atoms with Crippen molar-refractivity contribution in [3.63, 3.8) is 0 Å². The zero-order valence-corrected chi connectivity index (χ0v) is 17.3. The Morgan fingerprint density at radius 1 is 1.11 bits per heavy atom. The molecule has 0 aliphatic heterocycles. The first kappa shape index (κ1) is 21.8. The molecular weight excluding hydrogens is 408 g/mol. The Balaban J connectivity index is 2.37. The molecule has 2 aromatic carbocycles. The molecule has 0 spiro atoms. The second-order valence-electron chi connectivity index (χ2n) is 6.02. The standard InChI is InChI=1S/C18H21ClN2O6S/c1-10(2)27-17-13(19)7-11(8-15(17)26-4)18(22)21-12-5-6-14(25-3)16(9-12)28(20,23)24/h5-10H,1-4H3,(H,21,22)(H2,20,23,24). The van der Waals surface area contributed by atoms with Crippen LogP contribution in [0.5, 0.6) is 17.2 Å². The van der Waals surface area contributed by atoms with Gasteiger partial charge in [-0.1, -0.05) is 11.6 Å². The van der Waals surface area contributed by atoms with E-state index in [4.69, 9.17) is 31.0 Å². The SMILES string of the molecule is COc1ccc(NC(=O)c2cc(Cl)c(OC(C)C)c(OC)c2)cc1S(N)(=O)=O. The van der Waals surface area contributed by atoms with Crippen LogP contribution in [0.2, 0.25) is 5.02 Å². The first-order valence-corrected chi connectivity index (χ1v) is 10.1. The molecule has 152 valence electrons. The van der Waals surface area contributed by atoms with Crippen molar-refractivity contribution in [2.45, 2.75) is 24.8 Å². The third kappa shape index (κ3) is 5.06. The molecule has 2 rings (SSSR count). The Bertz CT molecular complexity index is 992. The summed E-state index contributed by atoms with van der Waals surface area (Å²) in [7, 11) is -1.29. The third-order valence-corrected chi connectivity index (χ3v) is 4.79. The highest BCUT2D eigenvalue weighted by Crippen LogP contribution is 2.37. The molecule has 0 saturated carbocycles. The summed E-state index contributed by atoms with van der Waals surface area (Å²) in [5.74, 6) is 0.171. The molecule has 0 bridgehead atoms. The molecule has 28 heavy (non-hydrogen) atoms. The van der Waals surface area contributed by atoms with Crippen molar-refractivity contribution in [3.05, 3.63) is 40.9 Å². The monoisotopic (exact) mass is 428 g/mol. The third-order valence-electron chi connectivity index (χ3n) is 3.57. The zero-order chi connectivity index (χ0) is 21.1. The van der Waals surface area contributed by atoms with Gasteiger partial charge in [-0.3, -0.25) is 4.79 Å². The second-order valence-corrected chi connectivity index (χ2v) is 7.96. The fourth-order valence-corrected chi connectivity index (χ4v) is 3.36. The number of halogens is 1. The average molecular weight is 429 g/mol. The van der Waals surface area contributed by atoms with E-state index < -0.39 is 15.9 Å². The van der Waals surface area contributed by atoms with Crippen LogP contribution < -0.4 is 24.7 Å². The lowest BCUT2D eigenvalue weighted by molar-refractivity contribution is 0.102. The predicted molar refractivity (Wildman–Crippen MR) is 106 cm³/mol. The molecule has 0 radical (unpaired) electrons. The molecule has 2 aromatic rings. The van der Waals surface area contributed by atoms with E-state index in [-0.39, 0.29) is 33.0 Å². The van der Waals surface area contributed by atoms with E-state index in [1.54, 1.807) is 0 Å². The zero-order valence-electron chi connectivity index (χ0n) is 15.8. The van der Waals surface area contributed by atoms with Gasteiger partial charge in [-0.15, -0.1) is 0 Å². The minimum Gasteiger partial charge on any atom is -0.495 e. The smallest absolute Gasteiger partial charge is 0.255 e. The molecule has 0 heterocycles. The van der Waals surface area contributed by atoms with Gasteiger partial charge in [-0.2, -0.15) is 0 Å². The summed E-state index contributed by atoms with van der Waals surface area (Å²) >= 11 is 6.23. The van der Waals surface area contributed by atoms with Gasteiger partial charge in [0.2, 0.25) is 10.0 Å². The van der Waals surface area contributed by atoms with Crippen molar-refractivity contribution in [2.75, 3.05) is 19.5 Å². The Morgan fingerprint density at radius 2 is 1.75 bits per heavy atom. The molecule has 10 heteroatoms. The number of hydrogen-bond donors (Lipinski definition) is 2. The van der Waals surface area contributed by atoms with Crippen LogP contribution in [0.3, 0.4) is 0 Å². The normalized spacial score (nSPS) is 11.2. The highest BCUT2D eigenvalue weighted by molar-refractivity contribution is 7.89. The highest BCUT2D eigenvalue weighted by atomic mass is 35.5. The molecule has 0 aromatic heterocycles. The minimum absolute atomic E-state index is 0.0698. The molecule has 0 atom stereocenters. The maximum Gasteiger partial charge on any atom is 0.255 e. The number of anilines is 1. The number of nitrogens with two attached hydrogens (primary N) is 1. The number of ether oxygens (including phenoxy) is 3. The van der Waals surface area contributed by atoms with Crippen molar-refractivity contribution in [1.29, 1.82) is 0 Å². The van der Waals surface area contributed by atoms with Gasteiger partial charge in [-0.25, -0.2) is 13.6 Å². The van der Waals surface area contributed by atoms with Crippen molar-refractivity contribution >= 4 is 33.2 Å². The van der Waals surface area contributed by atoms with Crippen LogP contribution in [-0.2, 0) is 10.0 Å². The van der Waals surface area contributed by atoms with Gasteiger partial charge in [0.1, 0.15) is 10.6 Å². The summed E-state index contributed by atoms with van der Waals surface area (Å²) in [5.41, 5.74) is 0.415. The van der Waals surface area contributed by atoms with Gasteiger partial charge < -0.3 is 19.5 Å². The number of carbonyl (C=O) groups is 1. The van der Waals surface area contributed by atoms with E-state index in [9.17, 15) is 13.2 Å². The maximum atomic E-state index is 12.6. The van der Waals surface area contributed by atoms with Crippen molar-refractivity contribution in [3.8, 4) is 17.2 Å². The Morgan fingerprint density at radius 3 is 2.29 bits per heavy atom. The summed E-state index contributed by atoms with van der Waals surface area (Å²) in [5, 5.41) is 7.99. The van der Waals surface area contributed by atoms with Crippen LogP contribution in [-0.4, -0.2) is 34.6 Å². The molecule has 0 fully saturated rings. The highest BCUT2D eigenvalue weighted by Gasteiger charge is 2.19. The molecule has 8 nitrogen and oxygen atoms in total. The Hall–Kier alpha value is -2.49. The van der Waals surface area contributed by atoms with Gasteiger partial charge in [0.25, 0.3) is 5.91 Å². The topological polar surface area (TPSA) is 117 Å². The first-order chi connectivity index (χ1) is 13.1. The van der Waals surface area contributed by atoms with Crippen LogP contribution in [0, 0.1) is 0 Å². The van der Waals surface area contributed by atoms with E-state index in [0.717, 1.165) is 0 Å². The minimum atomic E-state index is -4.04. The number of hydrogen-bond acceptors (Lipinski definition) is 6. The fourth-order valence-electron chi connectivity index (χ4n) is 2.38. The summed E-state index contributed by atoms with van der Waals surface area (Å²) in [6, 6.07) is 6.99. The molecular formula is C18H21ClN2O6S. The number of nitrogens with one attached hydrogen (secondary N) is 1. The van der Waals surface area contributed by atoms with Gasteiger partial charge in [0.15, 0.2) is 11.5 Å².